The first-order chi connectivity index (χ1) is 9.95. The van der Waals surface area contributed by atoms with Crippen molar-refractivity contribution in [3.8, 4) is 0 Å². The summed E-state index contributed by atoms with van der Waals surface area (Å²) < 4.78 is 28.3. The van der Waals surface area contributed by atoms with Crippen LogP contribution < -0.4 is 5.73 Å². The molecule has 0 amide bonds. The highest BCUT2D eigenvalue weighted by Crippen LogP contribution is 2.25. The molecule has 1 aliphatic heterocycles. The number of nitrogens with zero attached hydrogens (tertiary/aromatic N) is 2. The third-order valence-electron chi connectivity index (χ3n) is 4.35. The average Bonchev–Trinajstić information content (AvgIpc) is 2.48. The van der Waals surface area contributed by atoms with E-state index >= 15 is 0 Å². The van der Waals surface area contributed by atoms with Gasteiger partial charge in [-0.25, -0.2) is 0 Å². The Bertz CT molecular complexity index is 547. The fourth-order valence-electron chi connectivity index (χ4n) is 2.75. The summed E-state index contributed by atoms with van der Waals surface area (Å²) in [4.78, 5) is 0. The van der Waals surface area contributed by atoms with E-state index in [-0.39, 0.29) is 5.92 Å². The summed E-state index contributed by atoms with van der Waals surface area (Å²) in [7, 11) is -1.78. The third kappa shape index (κ3) is 3.83. The van der Waals surface area contributed by atoms with Crippen LogP contribution in [0, 0.1) is 11.8 Å². The molecule has 1 aromatic rings. The van der Waals surface area contributed by atoms with Crippen LogP contribution in [0.4, 0.5) is 0 Å². The molecule has 0 radical (unpaired) electrons. The van der Waals surface area contributed by atoms with Crippen molar-refractivity contribution >= 4 is 10.2 Å². The van der Waals surface area contributed by atoms with Crippen molar-refractivity contribution in [1.82, 2.24) is 8.61 Å². The summed E-state index contributed by atoms with van der Waals surface area (Å²) >= 11 is 0. The Morgan fingerprint density at radius 1 is 1.33 bits per heavy atom. The third-order valence-corrected chi connectivity index (χ3v) is 6.25. The van der Waals surface area contributed by atoms with Crippen LogP contribution in [0.5, 0.6) is 0 Å². The van der Waals surface area contributed by atoms with E-state index in [9.17, 15) is 8.42 Å². The second kappa shape index (κ2) is 6.87. The topological polar surface area (TPSA) is 66.6 Å². The predicted octanol–water partition coefficient (Wildman–Crippen LogP) is 1.28. The molecule has 0 saturated carbocycles. The lowest BCUT2D eigenvalue weighted by atomic mass is 9.88. The van der Waals surface area contributed by atoms with Crippen LogP contribution in [0.25, 0.3) is 0 Å². The van der Waals surface area contributed by atoms with E-state index < -0.39 is 10.2 Å². The SMILES string of the molecule is CC1CCN(S(=O)(=O)N(C)Cc2ccccc2)CC1CN. The monoisotopic (exact) mass is 311 g/mol. The number of hydrogen-bond donors (Lipinski definition) is 1. The van der Waals surface area contributed by atoms with E-state index in [4.69, 9.17) is 5.73 Å². The Hall–Kier alpha value is -0.950. The first-order valence-electron chi connectivity index (χ1n) is 7.40. The molecule has 0 aromatic heterocycles. The average molecular weight is 311 g/mol. The molecule has 21 heavy (non-hydrogen) atoms. The molecule has 1 aliphatic rings. The van der Waals surface area contributed by atoms with Crippen molar-refractivity contribution < 1.29 is 8.42 Å². The van der Waals surface area contributed by atoms with E-state index in [1.807, 2.05) is 30.3 Å². The van der Waals surface area contributed by atoms with Crippen molar-refractivity contribution in [2.75, 3.05) is 26.7 Å². The van der Waals surface area contributed by atoms with Gasteiger partial charge < -0.3 is 5.73 Å². The van der Waals surface area contributed by atoms with Crippen molar-refractivity contribution in [2.24, 2.45) is 17.6 Å². The van der Waals surface area contributed by atoms with E-state index in [0.717, 1.165) is 12.0 Å². The van der Waals surface area contributed by atoms with Gasteiger partial charge in [0.15, 0.2) is 0 Å². The molecule has 6 heteroatoms. The molecule has 1 heterocycles. The van der Waals surface area contributed by atoms with Crippen LogP contribution in [0.2, 0.25) is 0 Å². The van der Waals surface area contributed by atoms with Gasteiger partial charge in [0.05, 0.1) is 0 Å². The fraction of sp³-hybridized carbons (Fsp3) is 0.600. The maximum absolute atomic E-state index is 12.7. The molecule has 2 atom stereocenters. The highest BCUT2D eigenvalue weighted by molar-refractivity contribution is 7.86. The number of rotatable bonds is 5. The predicted molar refractivity (Wildman–Crippen MR) is 84.7 cm³/mol. The first-order valence-corrected chi connectivity index (χ1v) is 8.80. The van der Waals surface area contributed by atoms with Gasteiger partial charge in [-0.2, -0.15) is 17.0 Å². The smallest absolute Gasteiger partial charge is 0.282 e. The van der Waals surface area contributed by atoms with E-state index in [1.165, 1.54) is 4.31 Å². The van der Waals surface area contributed by atoms with E-state index in [2.05, 4.69) is 6.92 Å². The second-order valence-electron chi connectivity index (χ2n) is 5.87. The Kier molecular flexibility index (Phi) is 5.37. The Morgan fingerprint density at radius 2 is 2.00 bits per heavy atom. The summed E-state index contributed by atoms with van der Waals surface area (Å²) in [5.74, 6) is 0.736. The normalized spacial score (nSPS) is 24.4. The zero-order valence-corrected chi connectivity index (χ0v) is 13.6. The van der Waals surface area contributed by atoms with Gasteiger partial charge in [0.25, 0.3) is 10.2 Å². The molecule has 2 rings (SSSR count). The summed E-state index contributed by atoms with van der Waals surface area (Å²) in [6, 6.07) is 9.64. The van der Waals surface area contributed by atoms with Crippen LogP contribution in [-0.4, -0.2) is 43.7 Å². The molecular weight excluding hydrogens is 286 g/mol. The van der Waals surface area contributed by atoms with Gasteiger partial charge in [-0.15, -0.1) is 0 Å². The largest absolute Gasteiger partial charge is 0.330 e. The van der Waals surface area contributed by atoms with Gasteiger partial charge >= 0.3 is 0 Å². The van der Waals surface area contributed by atoms with E-state index in [1.54, 1.807) is 11.4 Å². The molecule has 1 aromatic carbocycles. The minimum absolute atomic E-state index is 0.249. The molecule has 0 aliphatic carbocycles. The molecule has 5 nitrogen and oxygen atoms in total. The Morgan fingerprint density at radius 3 is 2.62 bits per heavy atom. The van der Waals surface area contributed by atoms with Crippen LogP contribution in [0.1, 0.15) is 18.9 Å². The van der Waals surface area contributed by atoms with Gasteiger partial charge in [0.1, 0.15) is 0 Å². The lowest BCUT2D eigenvalue weighted by Crippen LogP contribution is -2.49. The maximum atomic E-state index is 12.7. The number of hydrogen-bond acceptors (Lipinski definition) is 3. The van der Waals surface area contributed by atoms with Crippen molar-refractivity contribution in [3.05, 3.63) is 35.9 Å². The van der Waals surface area contributed by atoms with Crippen LogP contribution in [0.15, 0.2) is 30.3 Å². The molecular formula is C15H25N3O2S. The summed E-state index contributed by atoms with van der Waals surface area (Å²) in [6.07, 6.45) is 0.875. The standard InChI is InChI=1S/C15H25N3O2S/c1-13-8-9-18(12-15(13)10-16)21(19,20)17(2)11-14-6-4-3-5-7-14/h3-7,13,15H,8-12,16H2,1-2H3. The quantitative estimate of drug-likeness (QED) is 0.891. The highest BCUT2D eigenvalue weighted by Gasteiger charge is 2.34. The van der Waals surface area contributed by atoms with Crippen molar-refractivity contribution in [1.29, 1.82) is 0 Å². The zero-order chi connectivity index (χ0) is 15.5. The highest BCUT2D eigenvalue weighted by atomic mass is 32.2. The molecule has 1 saturated heterocycles. The van der Waals surface area contributed by atoms with Gasteiger partial charge in [-0.1, -0.05) is 37.3 Å². The number of benzene rings is 1. The summed E-state index contributed by atoms with van der Waals surface area (Å²) in [5.41, 5.74) is 6.75. The number of piperidine rings is 1. The molecule has 118 valence electrons. The van der Waals surface area contributed by atoms with Crippen LogP contribution >= 0.6 is 0 Å². The second-order valence-corrected chi connectivity index (χ2v) is 7.90. The molecule has 0 bridgehead atoms. The van der Waals surface area contributed by atoms with Gasteiger partial charge in [-0.3, -0.25) is 0 Å². The number of nitrogens with two attached hydrogens (primary N) is 1. The Balaban J connectivity index is 2.07. The lowest BCUT2D eigenvalue weighted by Gasteiger charge is -2.37. The summed E-state index contributed by atoms with van der Waals surface area (Å²) in [5, 5.41) is 0. The van der Waals surface area contributed by atoms with Crippen molar-refractivity contribution in [3.63, 3.8) is 0 Å². The Labute approximate surface area is 127 Å². The van der Waals surface area contributed by atoms with Gasteiger partial charge in [0.2, 0.25) is 0 Å². The van der Waals surface area contributed by atoms with Crippen molar-refractivity contribution in [2.45, 2.75) is 19.9 Å². The minimum Gasteiger partial charge on any atom is -0.330 e. The minimum atomic E-state index is -3.42. The van der Waals surface area contributed by atoms with Crippen LogP contribution in [0.3, 0.4) is 0 Å². The van der Waals surface area contributed by atoms with Gasteiger partial charge in [0, 0.05) is 26.7 Å². The summed E-state index contributed by atoms with van der Waals surface area (Å²) in [6.45, 7) is 4.19. The first kappa shape index (κ1) is 16.4. The van der Waals surface area contributed by atoms with Gasteiger partial charge in [-0.05, 0) is 30.4 Å². The fourth-order valence-corrected chi connectivity index (χ4v) is 4.17. The molecule has 2 N–H and O–H groups in total. The molecule has 1 fully saturated rings. The molecule has 0 spiro atoms. The lowest BCUT2D eigenvalue weighted by molar-refractivity contribution is 0.194. The molecule has 2 unspecified atom stereocenters. The van der Waals surface area contributed by atoms with Crippen LogP contribution in [-0.2, 0) is 16.8 Å². The van der Waals surface area contributed by atoms with E-state index in [0.29, 0.717) is 32.1 Å². The maximum Gasteiger partial charge on any atom is 0.282 e. The zero-order valence-electron chi connectivity index (χ0n) is 12.8.